The van der Waals surface area contributed by atoms with Crippen molar-refractivity contribution in [2.75, 3.05) is 13.6 Å². The Morgan fingerprint density at radius 3 is 2.04 bits per heavy atom. The first-order valence-electron chi connectivity index (χ1n) is 7.47. The zero-order valence-electron chi connectivity index (χ0n) is 13.7. The fraction of sp³-hybridized carbons (Fsp3) is 0.235. The summed E-state index contributed by atoms with van der Waals surface area (Å²) in [6.07, 6.45) is 0. The Bertz CT molecular complexity index is 837. The number of rotatable bonds is 6. The summed E-state index contributed by atoms with van der Waals surface area (Å²) in [5.74, 6) is -0.400. The summed E-state index contributed by atoms with van der Waals surface area (Å²) >= 11 is 11.6. The van der Waals surface area contributed by atoms with E-state index in [1.807, 2.05) is 6.92 Å². The van der Waals surface area contributed by atoms with Gasteiger partial charge in [-0.2, -0.15) is 4.31 Å². The van der Waals surface area contributed by atoms with Crippen molar-refractivity contribution in [3.05, 3.63) is 64.1 Å². The number of carbonyl (C=O) groups excluding carboxylic acids is 1. The van der Waals surface area contributed by atoms with Crippen LogP contribution in [0.15, 0.2) is 53.4 Å². The summed E-state index contributed by atoms with van der Waals surface area (Å²) < 4.78 is 25.9. The molecule has 2 rings (SSSR count). The van der Waals surface area contributed by atoms with E-state index in [0.717, 1.165) is 9.87 Å². The molecule has 2 aromatic rings. The molecule has 25 heavy (non-hydrogen) atoms. The summed E-state index contributed by atoms with van der Waals surface area (Å²) in [5.41, 5.74) is 0.876. The van der Waals surface area contributed by atoms with Gasteiger partial charge in [-0.05, 0) is 48.9 Å². The molecule has 2 aromatic carbocycles. The molecule has 0 saturated carbocycles. The Morgan fingerprint density at radius 2 is 1.52 bits per heavy atom. The average molecular weight is 401 g/mol. The van der Waals surface area contributed by atoms with Crippen molar-refractivity contribution in [2.24, 2.45) is 0 Å². The number of hydrogen-bond donors (Lipinski definition) is 1. The Morgan fingerprint density at radius 1 is 1.04 bits per heavy atom. The third kappa shape index (κ3) is 5.19. The van der Waals surface area contributed by atoms with Gasteiger partial charge in [0.2, 0.25) is 15.9 Å². The molecule has 0 bridgehead atoms. The van der Waals surface area contributed by atoms with Crippen molar-refractivity contribution in [2.45, 2.75) is 17.9 Å². The number of halogens is 2. The Labute approximate surface area is 157 Å². The van der Waals surface area contributed by atoms with E-state index in [1.54, 1.807) is 24.3 Å². The second kappa shape index (κ2) is 8.19. The van der Waals surface area contributed by atoms with Gasteiger partial charge in [0, 0.05) is 17.1 Å². The first kappa shape index (κ1) is 19.7. The first-order valence-corrected chi connectivity index (χ1v) is 9.66. The van der Waals surface area contributed by atoms with Crippen LogP contribution in [0, 0.1) is 0 Å². The third-order valence-corrected chi connectivity index (χ3v) is 5.96. The van der Waals surface area contributed by atoms with Crippen LogP contribution in [0.2, 0.25) is 10.0 Å². The van der Waals surface area contributed by atoms with E-state index in [1.165, 1.54) is 31.3 Å². The van der Waals surface area contributed by atoms with Crippen LogP contribution in [-0.4, -0.2) is 32.2 Å². The van der Waals surface area contributed by atoms with E-state index in [0.29, 0.717) is 10.0 Å². The van der Waals surface area contributed by atoms with E-state index in [4.69, 9.17) is 23.2 Å². The minimum absolute atomic E-state index is 0.0814. The fourth-order valence-electron chi connectivity index (χ4n) is 2.20. The van der Waals surface area contributed by atoms with Crippen molar-refractivity contribution in [1.82, 2.24) is 9.62 Å². The van der Waals surface area contributed by atoms with Crippen molar-refractivity contribution in [3.63, 3.8) is 0 Å². The molecule has 5 nitrogen and oxygen atoms in total. The van der Waals surface area contributed by atoms with Gasteiger partial charge in [0.15, 0.2) is 0 Å². The predicted molar refractivity (Wildman–Crippen MR) is 99.3 cm³/mol. The number of nitrogens with zero attached hydrogens (tertiary/aromatic N) is 1. The van der Waals surface area contributed by atoms with Crippen LogP contribution in [0.25, 0.3) is 0 Å². The smallest absolute Gasteiger partial charge is 0.243 e. The molecule has 0 radical (unpaired) electrons. The van der Waals surface area contributed by atoms with E-state index >= 15 is 0 Å². The molecule has 1 atom stereocenters. The van der Waals surface area contributed by atoms with Gasteiger partial charge in [-0.3, -0.25) is 4.79 Å². The highest BCUT2D eigenvalue weighted by atomic mass is 35.5. The Balaban J connectivity index is 2.01. The molecular formula is C17H18Cl2N2O3S. The Hall–Kier alpha value is -1.60. The van der Waals surface area contributed by atoms with Crippen molar-refractivity contribution in [1.29, 1.82) is 0 Å². The molecule has 0 fully saturated rings. The Kier molecular flexibility index (Phi) is 6.46. The van der Waals surface area contributed by atoms with E-state index in [2.05, 4.69) is 5.32 Å². The summed E-state index contributed by atoms with van der Waals surface area (Å²) in [7, 11) is -2.40. The van der Waals surface area contributed by atoms with Crippen LogP contribution in [-0.2, 0) is 14.8 Å². The maximum atomic E-state index is 12.5. The number of likely N-dealkylation sites (N-methyl/N-ethyl adjacent to an activating group) is 1. The van der Waals surface area contributed by atoms with Gasteiger partial charge in [0.05, 0.1) is 17.5 Å². The van der Waals surface area contributed by atoms with Crippen LogP contribution in [0.3, 0.4) is 0 Å². The van der Waals surface area contributed by atoms with Crippen LogP contribution >= 0.6 is 23.2 Å². The second-order valence-electron chi connectivity index (χ2n) is 5.56. The zero-order valence-corrected chi connectivity index (χ0v) is 16.1. The SMILES string of the molecule is CC(NC(=O)CN(C)S(=O)(=O)c1ccc(Cl)cc1)c1ccc(Cl)cc1. The number of hydrogen-bond acceptors (Lipinski definition) is 3. The highest BCUT2D eigenvalue weighted by Gasteiger charge is 2.23. The van der Waals surface area contributed by atoms with E-state index in [9.17, 15) is 13.2 Å². The standard InChI is InChI=1S/C17H18Cl2N2O3S/c1-12(13-3-5-14(18)6-4-13)20-17(22)11-21(2)25(23,24)16-9-7-15(19)8-10-16/h3-10,12H,11H2,1-2H3,(H,20,22). The van der Waals surface area contributed by atoms with Crippen molar-refractivity contribution < 1.29 is 13.2 Å². The largest absolute Gasteiger partial charge is 0.348 e. The highest BCUT2D eigenvalue weighted by Crippen LogP contribution is 2.18. The molecule has 8 heteroatoms. The lowest BCUT2D eigenvalue weighted by Gasteiger charge is -2.19. The zero-order chi connectivity index (χ0) is 18.6. The molecule has 134 valence electrons. The van der Waals surface area contributed by atoms with Gasteiger partial charge in [0.25, 0.3) is 0 Å². The van der Waals surface area contributed by atoms with Crippen molar-refractivity contribution >= 4 is 39.1 Å². The average Bonchev–Trinajstić information content (AvgIpc) is 2.55. The lowest BCUT2D eigenvalue weighted by atomic mass is 10.1. The number of carbonyl (C=O) groups is 1. The molecule has 0 aliphatic carbocycles. The summed E-state index contributed by atoms with van der Waals surface area (Å²) in [5, 5.41) is 3.82. The normalized spacial score (nSPS) is 12.8. The number of sulfonamides is 1. The molecule has 0 saturated heterocycles. The van der Waals surface area contributed by atoms with Gasteiger partial charge in [0.1, 0.15) is 0 Å². The summed E-state index contributed by atoms with van der Waals surface area (Å²) in [4.78, 5) is 12.3. The van der Waals surface area contributed by atoms with E-state index in [-0.39, 0.29) is 17.5 Å². The predicted octanol–water partition coefficient (Wildman–Crippen LogP) is 3.49. The highest BCUT2D eigenvalue weighted by molar-refractivity contribution is 7.89. The minimum Gasteiger partial charge on any atom is -0.348 e. The molecule has 0 aliphatic rings. The maximum Gasteiger partial charge on any atom is 0.243 e. The monoisotopic (exact) mass is 400 g/mol. The lowest BCUT2D eigenvalue weighted by Crippen LogP contribution is -2.39. The molecule has 0 spiro atoms. The maximum absolute atomic E-state index is 12.5. The molecule has 0 heterocycles. The minimum atomic E-state index is -3.76. The van der Waals surface area contributed by atoms with Crippen LogP contribution in [0.1, 0.15) is 18.5 Å². The van der Waals surface area contributed by atoms with Crippen molar-refractivity contribution in [3.8, 4) is 0 Å². The van der Waals surface area contributed by atoms with Gasteiger partial charge in [-0.15, -0.1) is 0 Å². The molecular weight excluding hydrogens is 383 g/mol. The fourth-order valence-corrected chi connectivity index (χ4v) is 3.57. The van der Waals surface area contributed by atoms with Gasteiger partial charge in [-0.1, -0.05) is 35.3 Å². The molecule has 0 aromatic heterocycles. The second-order valence-corrected chi connectivity index (χ2v) is 8.47. The summed E-state index contributed by atoms with van der Waals surface area (Å²) in [6, 6.07) is 12.6. The molecule has 1 amide bonds. The van der Waals surface area contributed by atoms with Crippen LogP contribution in [0.5, 0.6) is 0 Å². The molecule has 0 aliphatic heterocycles. The van der Waals surface area contributed by atoms with Crippen LogP contribution < -0.4 is 5.32 Å². The van der Waals surface area contributed by atoms with Gasteiger partial charge >= 0.3 is 0 Å². The van der Waals surface area contributed by atoms with Crippen LogP contribution in [0.4, 0.5) is 0 Å². The number of benzene rings is 2. The quantitative estimate of drug-likeness (QED) is 0.806. The first-order chi connectivity index (χ1) is 11.7. The molecule has 1 unspecified atom stereocenters. The van der Waals surface area contributed by atoms with E-state index < -0.39 is 15.9 Å². The summed E-state index contributed by atoms with van der Waals surface area (Å²) in [6.45, 7) is 1.53. The lowest BCUT2D eigenvalue weighted by molar-refractivity contribution is -0.121. The molecule has 1 N–H and O–H groups in total. The van der Waals surface area contributed by atoms with Gasteiger partial charge < -0.3 is 5.32 Å². The number of nitrogens with one attached hydrogen (secondary N) is 1. The topological polar surface area (TPSA) is 66.5 Å². The number of amides is 1. The van der Waals surface area contributed by atoms with Gasteiger partial charge in [-0.25, -0.2) is 8.42 Å². The third-order valence-electron chi connectivity index (χ3n) is 3.64.